The normalized spacial score (nSPS) is 19.3. The highest BCUT2D eigenvalue weighted by atomic mass is 16.2. The third-order valence-corrected chi connectivity index (χ3v) is 4.92. The van der Waals surface area contributed by atoms with E-state index in [2.05, 4.69) is 28.1 Å². The van der Waals surface area contributed by atoms with E-state index in [-0.39, 0.29) is 24.5 Å². The highest BCUT2D eigenvalue weighted by Gasteiger charge is 2.27. The molecule has 1 aromatic rings. The summed E-state index contributed by atoms with van der Waals surface area (Å²) in [6.07, 6.45) is 8.11. The molecule has 2 saturated carbocycles. The van der Waals surface area contributed by atoms with Crippen molar-refractivity contribution in [2.45, 2.75) is 57.0 Å². The average Bonchev–Trinajstić information content (AvgIpc) is 3.43. The first-order chi connectivity index (χ1) is 11.7. The summed E-state index contributed by atoms with van der Waals surface area (Å²) in [6, 6.07) is 10.2. The van der Waals surface area contributed by atoms with Crippen molar-refractivity contribution < 1.29 is 9.59 Å². The zero-order chi connectivity index (χ0) is 16.8. The quantitative estimate of drug-likeness (QED) is 0.751. The standard InChI is InChI=1S/C19H27N3O2/c23-17(21-16-11-12-16)13-20-19(24)22-18(14-7-3-1-4-8-14)15-9-5-2-6-10-15/h1,3-4,7-8,15-16,18H,2,5-6,9-13H2,(H,21,23)(H2,20,22,24). The third kappa shape index (κ3) is 4.98. The van der Waals surface area contributed by atoms with Gasteiger partial charge in [0.05, 0.1) is 12.6 Å². The van der Waals surface area contributed by atoms with Crippen molar-refractivity contribution in [2.24, 2.45) is 5.92 Å². The van der Waals surface area contributed by atoms with Crippen LogP contribution in [0.4, 0.5) is 4.79 Å². The summed E-state index contributed by atoms with van der Waals surface area (Å²) in [4.78, 5) is 24.0. The van der Waals surface area contributed by atoms with E-state index in [1.54, 1.807) is 0 Å². The Bertz CT molecular complexity index is 551. The van der Waals surface area contributed by atoms with E-state index in [1.165, 1.54) is 19.3 Å². The number of hydrogen-bond donors (Lipinski definition) is 3. The summed E-state index contributed by atoms with van der Waals surface area (Å²) < 4.78 is 0. The molecule has 0 aromatic heterocycles. The number of carbonyl (C=O) groups is 2. The average molecular weight is 329 g/mol. The maximum atomic E-state index is 12.3. The Balaban J connectivity index is 1.56. The number of rotatable bonds is 6. The molecule has 0 spiro atoms. The minimum Gasteiger partial charge on any atom is -0.352 e. The highest BCUT2D eigenvalue weighted by molar-refractivity contribution is 5.84. The van der Waals surface area contributed by atoms with E-state index in [0.717, 1.165) is 31.2 Å². The monoisotopic (exact) mass is 329 g/mol. The van der Waals surface area contributed by atoms with Crippen molar-refractivity contribution in [1.29, 1.82) is 0 Å². The second-order valence-corrected chi connectivity index (χ2v) is 6.96. The minimum absolute atomic E-state index is 0.0120. The van der Waals surface area contributed by atoms with E-state index in [0.29, 0.717) is 12.0 Å². The maximum absolute atomic E-state index is 12.3. The Morgan fingerprint density at radius 1 is 1.00 bits per heavy atom. The summed E-state index contributed by atoms with van der Waals surface area (Å²) in [5.41, 5.74) is 1.14. The number of benzene rings is 1. The van der Waals surface area contributed by atoms with Gasteiger partial charge in [0.15, 0.2) is 0 Å². The van der Waals surface area contributed by atoms with Crippen molar-refractivity contribution in [3.63, 3.8) is 0 Å². The second kappa shape index (κ2) is 8.18. The molecule has 0 aliphatic heterocycles. The molecule has 130 valence electrons. The van der Waals surface area contributed by atoms with Crippen molar-refractivity contribution in [2.75, 3.05) is 6.54 Å². The van der Waals surface area contributed by atoms with Crippen molar-refractivity contribution in [3.05, 3.63) is 35.9 Å². The number of urea groups is 1. The zero-order valence-electron chi connectivity index (χ0n) is 14.1. The lowest BCUT2D eigenvalue weighted by atomic mass is 9.81. The molecule has 0 bridgehead atoms. The van der Waals surface area contributed by atoms with Gasteiger partial charge in [-0.1, -0.05) is 49.6 Å². The molecule has 24 heavy (non-hydrogen) atoms. The molecule has 5 nitrogen and oxygen atoms in total. The number of nitrogens with one attached hydrogen (secondary N) is 3. The summed E-state index contributed by atoms with van der Waals surface area (Å²) in [5, 5.41) is 8.67. The lowest BCUT2D eigenvalue weighted by Crippen LogP contribution is -2.45. The number of carbonyl (C=O) groups excluding carboxylic acids is 2. The minimum atomic E-state index is -0.264. The van der Waals surface area contributed by atoms with Crippen LogP contribution in [0, 0.1) is 5.92 Å². The second-order valence-electron chi connectivity index (χ2n) is 6.96. The van der Waals surface area contributed by atoms with Gasteiger partial charge in [-0.15, -0.1) is 0 Å². The van der Waals surface area contributed by atoms with Crippen LogP contribution in [0.1, 0.15) is 56.6 Å². The number of amides is 3. The Morgan fingerprint density at radius 2 is 1.71 bits per heavy atom. The summed E-state index contributed by atoms with van der Waals surface area (Å²) >= 11 is 0. The summed E-state index contributed by atoms with van der Waals surface area (Å²) in [7, 11) is 0. The third-order valence-electron chi connectivity index (χ3n) is 4.92. The van der Waals surface area contributed by atoms with Crippen molar-refractivity contribution >= 4 is 11.9 Å². The number of hydrogen-bond acceptors (Lipinski definition) is 2. The fourth-order valence-electron chi connectivity index (χ4n) is 3.46. The van der Waals surface area contributed by atoms with Gasteiger partial charge in [0, 0.05) is 6.04 Å². The zero-order valence-corrected chi connectivity index (χ0v) is 14.1. The topological polar surface area (TPSA) is 70.2 Å². The van der Waals surface area contributed by atoms with Crippen molar-refractivity contribution in [3.8, 4) is 0 Å². The smallest absolute Gasteiger partial charge is 0.315 e. The van der Waals surface area contributed by atoms with Crippen LogP contribution >= 0.6 is 0 Å². The molecule has 2 aliphatic rings. The lowest BCUT2D eigenvalue weighted by molar-refractivity contribution is -0.120. The van der Waals surface area contributed by atoms with Crippen LogP contribution in [0.3, 0.4) is 0 Å². The molecule has 0 heterocycles. The van der Waals surface area contributed by atoms with Crippen LogP contribution in [0.25, 0.3) is 0 Å². The van der Waals surface area contributed by atoms with Crippen LogP contribution in [-0.2, 0) is 4.79 Å². The van der Waals surface area contributed by atoms with E-state index in [1.807, 2.05) is 18.2 Å². The van der Waals surface area contributed by atoms with E-state index >= 15 is 0 Å². The van der Waals surface area contributed by atoms with Crippen LogP contribution in [0.5, 0.6) is 0 Å². The molecular formula is C19H27N3O2. The van der Waals surface area contributed by atoms with Gasteiger partial charge < -0.3 is 16.0 Å². The molecule has 1 aromatic carbocycles. The predicted molar refractivity (Wildman–Crippen MR) is 93.5 cm³/mol. The van der Waals surface area contributed by atoms with Crippen LogP contribution in [-0.4, -0.2) is 24.5 Å². The van der Waals surface area contributed by atoms with Gasteiger partial charge in [0.1, 0.15) is 0 Å². The molecule has 3 amide bonds. The largest absolute Gasteiger partial charge is 0.352 e. The first-order valence-electron chi connectivity index (χ1n) is 9.11. The Labute approximate surface area is 143 Å². The maximum Gasteiger partial charge on any atom is 0.315 e. The van der Waals surface area contributed by atoms with Crippen LogP contribution in [0.2, 0.25) is 0 Å². The van der Waals surface area contributed by atoms with E-state index in [9.17, 15) is 9.59 Å². The first-order valence-corrected chi connectivity index (χ1v) is 9.11. The molecule has 2 aliphatic carbocycles. The molecule has 3 N–H and O–H groups in total. The Morgan fingerprint density at radius 3 is 2.38 bits per heavy atom. The summed E-state index contributed by atoms with van der Waals surface area (Å²) in [5.74, 6) is 0.355. The molecule has 1 unspecified atom stereocenters. The van der Waals surface area contributed by atoms with Gasteiger partial charge in [0.25, 0.3) is 0 Å². The molecular weight excluding hydrogens is 302 g/mol. The molecule has 2 fully saturated rings. The van der Waals surface area contributed by atoms with E-state index < -0.39 is 0 Å². The fourth-order valence-corrected chi connectivity index (χ4v) is 3.46. The molecule has 3 rings (SSSR count). The van der Waals surface area contributed by atoms with Gasteiger partial charge in [0.2, 0.25) is 5.91 Å². The SMILES string of the molecule is O=C(CNC(=O)NC(c1ccccc1)C1CCCCC1)NC1CC1. The molecule has 5 heteroatoms. The predicted octanol–water partition coefficient (Wildman–Crippen LogP) is 2.89. The van der Waals surface area contributed by atoms with Crippen LogP contribution in [0.15, 0.2) is 30.3 Å². The van der Waals surface area contributed by atoms with Gasteiger partial charge in [-0.2, -0.15) is 0 Å². The highest BCUT2D eigenvalue weighted by Crippen LogP contribution is 2.34. The first kappa shape index (κ1) is 16.8. The van der Waals surface area contributed by atoms with Gasteiger partial charge in [-0.25, -0.2) is 4.79 Å². The molecule has 1 atom stereocenters. The van der Waals surface area contributed by atoms with Crippen LogP contribution < -0.4 is 16.0 Å². The van der Waals surface area contributed by atoms with Crippen molar-refractivity contribution in [1.82, 2.24) is 16.0 Å². The Hall–Kier alpha value is -2.04. The lowest BCUT2D eigenvalue weighted by Gasteiger charge is -2.31. The molecule has 0 radical (unpaired) electrons. The van der Waals surface area contributed by atoms with Gasteiger partial charge in [-0.3, -0.25) is 4.79 Å². The molecule has 0 saturated heterocycles. The van der Waals surface area contributed by atoms with Gasteiger partial charge in [-0.05, 0) is 37.2 Å². The van der Waals surface area contributed by atoms with Gasteiger partial charge >= 0.3 is 6.03 Å². The Kier molecular flexibility index (Phi) is 5.72. The fraction of sp³-hybridized carbons (Fsp3) is 0.579. The summed E-state index contributed by atoms with van der Waals surface area (Å²) in [6.45, 7) is 0.0362. The van der Waals surface area contributed by atoms with E-state index in [4.69, 9.17) is 0 Å².